The Labute approximate surface area is 87.1 Å². The summed E-state index contributed by atoms with van der Waals surface area (Å²) in [5, 5.41) is 0. The fourth-order valence-electron chi connectivity index (χ4n) is 0. The van der Waals surface area contributed by atoms with Crippen LogP contribution in [0.3, 0.4) is 0 Å². The third kappa shape index (κ3) is 37.4. The van der Waals surface area contributed by atoms with Crippen LogP contribution in [0.25, 0.3) is 0 Å². The molecule has 0 saturated carbocycles. The van der Waals surface area contributed by atoms with Crippen LogP contribution in [0.1, 0.15) is 1.43 Å². The SMILES string of the molecule is F.F.F.F.[H-].[Na+].[Tb]. The van der Waals surface area contributed by atoms with Gasteiger partial charge in [-0.1, -0.05) is 0 Å². The maximum atomic E-state index is 0. The molecule has 0 amide bonds. The van der Waals surface area contributed by atoms with Gasteiger partial charge in [0, 0.05) is 38.6 Å². The summed E-state index contributed by atoms with van der Waals surface area (Å²) in [6.07, 6.45) is 0. The molecule has 0 aromatic rings. The largest absolute Gasteiger partial charge is 1.00 e. The first-order valence-corrected chi connectivity index (χ1v) is 0. The molecule has 0 rings (SSSR count). The number of rotatable bonds is 0. The Kier molecular flexibility index (Phi) is 1020. The topological polar surface area (TPSA) is 0 Å². The molecule has 0 nitrogen and oxygen atoms in total. The van der Waals surface area contributed by atoms with E-state index in [0.29, 0.717) is 0 Å². The Balaban J connectivity index is 0. The molecule has 0 spiro atoms. The van der Waals surface area contributed by atoms with Gasteiger partial charge in [0.2, 0.25) is 0 Å². The first-order valence-electron chi connectivity index (χ1n) is 0. The number of hydrogen-bond donors (Lipinski definition) is 0. The molecule has 1 radical (unpaired) electrons. The van der Waals surface area contributed by atoms with Gasteiger partial charge in [0.1, 0.15) is 0 Å². The Bertz CT molecular complexity index is 11.7. The Morgan fingerprint density at radius 3 is 0.667 bits per heavy atom. The summed E-state index contributed by atoms with van der Waals surface area (Å²) in [5.74, 6) is 0. The third-order valence-corrected chi connectivity index (χ3v) is 0. The van der Waals surface area contributed by atoms with Gasteiger partial charge in [-0.3, -0.25) is 18.8 Å². The van der Waals surface area contributed by atoms with E-state index in [1.54, 1.807) is 0 Å². The summed E-state index contributed by atoms with van der Waals surface area (Å²) in [4.78, 5) is 0. The first-order chi connectivity index (χ1) is 0. The summed E-state index contributed by atoms with van der Waals surface area (Å²) in [7, 11) is 0. The van der Waals surface area contributed by atoms with Crippen molar-refractivity contribution < 1.29 is 88.4 Å². The monoisotopic (exact) mass is 263 g/mol. The Hall–Kier alpha value is 2.01. The van der Waals surface area contributed by atoms with Gasteiger partial charge in [-0.2, -0.15) is 0 Å². The Morgan fingerprint density at radius 2 is 0.667 bits per heavy atom. The second-order valence-electron chi connectivity index (χ2n) is 0. The van der Waals surface area contributed by atoms with Crippen LogP contribution in [0, 0.1) is 38.6 Å². The van der Waals surface area contributed by atoms with Gasteiger partial charge in [-0.15, -0.1) is 0 Å². The minimum atomic E-state index is 0. The summed E-state index contributed by atoms with van der Waals surface area (Å²) < 4.78 is 0. The zero-order chi connectivity index (χ0) is 0. The van der Waals surface area contributed by atoms with Gasteiger partial charge in [0.05, 0.1) is 0 Å². The second kappa shape index (κ2) is 62.8. The van der Waals surface area contributed by atoms with Crippen LogP contribution in [-0.2, 0) is 0 Å². The van der Waals surface area contributed by atoms with E-state index in [1.807, 2.05) is 0 Å². The molecular formula is H5F4NaTb. The van der Waals surface area contributed by atoms with Crippen LogP contribution in [0.15, 0.2) is 0 Å². The molecule has 0 aromatic carbocycles. The molecule has 6 heavy (non-hydrogen) atoms. The van der Waals surface area contributed by atoms with Gasteiger partial charge >= 0.3 is 29.6 Å². The van der Waals surface area contributed by atoms with Crippen molar-refractivity contribution in [2.75, 3.05) is 0 Å². The summed E-state index contributed by atoms with van der Waals surface area (Å²) in [6.45, 7) is 0. The zero-order valence-corrected chi connectivity index (χ0v) is 7.11. The number of hydrogen-bond acceptors (Lipinski definition) is 0. The summed E-state index contributed by atoms with van der Waals surface area (Å²) >= 11 is 0. The maximum Gasteiger partial charge on any atom is 1.00 e. The molecule has 0 aliphatic heterocycles. The van der Waals surface area contributed by atoms with E-state index in [2.05, 4.69) is 0 Å². The van der Waals surface area contributed by atoms with E-state index in [9.17, 15) is 0 Å². The smallest absolute Gasteiger partial charge is 1.00 e. The fraction of sp³-hybridized carbons (Fsp3) is 0. The normalized spacial score (nSPS) is 0. The van der Waals surface area contributed by atoms with Crippen molar-refractivity contribution >= 4 is 0 Å². The average molecular weight is 263 g/mol. The molecular weight excluding hydrogens is 258 g/mol. The first kappa shape index (κ1) is 97.7. The van der Waals surface area contributed by atoms with Gasteiger partial charge in [-0.05, 0) is 0 Å². The molecule has 0 saturated heterocycles. The van der Waals surface area contributed by atoms with Crippen LogP contribution in [0.5, 0.6) is 0 Å². The second-order valence-corrected chi connectivity index (χ2v) is 0. The van der Waals surface area contributed by atoms with Crippen molar-refractivity contribution in [1.29, 1.82) is 0 Å². The van der Waals surface area contributed by atoms with E-state index < -0.39 is 0 Å². The van der Waals surface area contributed by atoms with E-state index in [4.69, 9.17) is 0 Å². The van der Waals surface area contributed by atoms with Crippen LogP contribution >= 0.6 is 0 Å². The molecule has 6 heteroatoms. The standard InChI is InChI=1S/4FH.Na.Tb.H/h4*1H;;;/q;;;;+1;;-1. The molecule has 0 atom stereocenters. The van der Waals surface area contributed by atoms with Crippen molar-refractivity contribution in [3.8, 4) is 0 Å². The molecule has 0 unspecified atom stereocenters. The molecule has 0 N–H and O–H groups in total. The molecule has 43 valence electrons. The van der Waals surface area contributed by atoms with Crippen molar-refractivity contribution in [3.63, 3.8) is 0 Å². The molecule has 0 bridgehead atoms. The Morgan fingerprint density at radius 1 is 0.667 bits per heavy atom. The molecule has 0 aliphatic carbocycles. The molecule has 0 heterocycles. The van der Waals surface area contributed by atoms with E-state index in [0.717, 1.165) is 0 Å². The third-order valence-electron chi connectivity index (χ3n) is 0. The zero-order valence-electron chi connectivity index (χ0n) is 3.97. The van der Waals surface area contributed by atoms with Crippen LogP contribution < -0.4 is 29.6 Å². The van der Waals surface area contributed by atoms with Gasteiger partial charge in [-0.25, -0.2) is 0 Å². The maximum absolute atomic E-state index is 0. The van der Waals surface area contributed by atoms with Crippen molar-refractivity contribution in [2.45, 2.75) is 0 Å². The van der Waals surface area contributed by atoms with E-state index in [1.165, 1.54) is 0 Å². The minimum absolute atomic E-state index is 0. The van der Waals surface area contributed by atoms with Crippen LogP contribution in [0.4, 0.5) is 18.8 Å². The van der Waals surface area contributed by atoms with Gasteiger partial charge < -0.3 is 1.43 Å². The summed E-state index contributed by atoms with van der Waals surface area (Å²) in [6, 6.07) is 0. The van der Waals surface area contributed by atoms with Crippen LogP contribution in [0.2, 0.25) is 0 Å². The number of halogens is 4. The van der Waals surface area contributed by atoms with Gasteiger partial charge in [0.15, 0.2) is 0 Å². The fourth-order valence-corrected chi connectivity index (χ4v) is 0. The molecule has 0 aliphatic rings. The van der Waals surface area contributed by atoms with Crippen molar-refractivity contribution in [1.82, 2.24) is 0 Å². The minimum Gasteiger partial charge on any atom is -1.00 e. The molecule has 0 aromatic heterocycles. The van der Waals surface area contributed by atoms with E-state index >= 15 is 0 Å². The van der Waals surface area contributed by atoms with Crippen molar-refractivity contribution in [2.24, 2.45) is 0 Å². The summed E-state index contributed by atoms with van der Waals surface area (Å²) in [5.41, 5.74) is 0. The predicted molar refractivity (Wildman–Crippen MR) is 11.1 cm³/mol. The van der Waals surface area contributed by atoms with Gasteiger partial charge in [0.25, 0.3) is 0 Å². The quantitative estimate of drug-likeness (QED) is 0.341. The van der Waals surface area contributed by atoms with Crippen LogP contribution in [-0.4, -0.2) is 0 Å². The van der Waals surface area contributed by atoms with Crippen molar-refractivity contribution in [3.05, 3.63) is 0 Å². The van der Waals surface area contributed by atoms with E-state index in [-0.39, 0.29) is 88.4 Å². The predicted octanol–water partition coefficient (Wildman–Crippen LogP) is -2.27. The average Bonchev–Trinajstić information content (AvgIpc) is 0. The molecule has 0 fully saturated rings.